The summed E-state index contributed by atoms with van der Waals surface area (Å²) in [6.07, 6.45) is 12.6. The predicted molar refractivity (Wildman–Crippen MR) is 216 cm³/mol. The standard InChI is InChI=1S/C48H64/c1-11-15-21-33(13-3)27-35-29-37(31-43-36(28-34(14-4)22-16-12-2)30-38(32-44(35)43)47(5,6)7)45-39-23-17-19-25-41(39)46(48(8,9)10)42-26-20-18-24-40(42)45/h17-20,23-26,29-34H,11-16,21-22,27-28H2,1-10H3. The van der Waals surface area contributed by atoms with E-state index < -0.39 is 0 Å². The molecule has 0 heteroatoms. The topological polar surface area (TPSA) is 0 Å². The van der Waals surface area contributed by atoms with Crippen molar-refractivity contribution in [3.8, 4) is 11.1 Å². The monoisotopic (exact) mass is 641 g/mol. The molecule has 0 fully saturated rings. The third-order valence-electron chi connectivity index (χ3n) is 11.2. The average molecular weight is 641 g/mol. The van der Waals surface area contributed by atoms with Crippen molar-refractivity contribution in [1.82, 2.24) is 0 Å². The van der Waals surface area contributed by atoms with E-state index in [-0.39, 0.29) is 10.8 Å². The molecule has 0 aliphatic heterocycles. The number of fused-ring (bicyclic) bond motifs is 3. The second kappa shape index (κ2) is 15.2. The highest BCUT2D eigenvalue weighted by molar-refractivity contribution is 6.16. The van der Waals surface area contributed by atoms with Gasteiger partial charge in [-0.1, -0.05) is 187 Å². The fourth-order valence-electron chi connectivity index (χ4n) is 8.28. The minimum atomic E-state index is 0.0318. The Morgan fingerprint density at radius 3 is 1.40 bits per heavy atom. The first kappa shape index (κ1) is 36.2. The van der Waals surface area contributed by atoms with Crippen LogP contribution in [0.5, 0.6) is 0 Å². The molecule has 0 aromatic heterocycles. The molecule has 0 N–H and O–H groups in total. The largest absolute Gasteiger partial charge is 0.0654 e. The Labute approximate surface area is 293 Å². The molecule has 0 saturated carbocycles. The molecule has 0 aliphatic carbocycles. The zero-order chi connectivity index (χ0) is 34.6. The van der Waals surface area contributed by atoms with Gasteiger partial charge < -0.3 is 0 Å². The van der Waals surface area contributed by atoms with Gasteiger partial charge in [0.25, 0.3) is 0 Å². The summed E-state index contributed by atoms with van der Waals surface area (Å²) in [5.74, 6) is 1.42. The second-order valence-corrected chi connectivity index (χ2v) is 16.9. The lowest BCUT2D eigenvalue weighted by atomic mass is 9.76. The maximum atomic E-state index is 2.62. The van der Waals surface area contributed by atoms with E-state index in [1.54, 1.807) is 11.1 Å². The molecular formula is C48H64. The molecule has 0 amide bonds. The smallest absolute Gasteiger partial charge is 0.00263 e. The molecule has 0 spiro atoms. The lowest BCUT2D eigenvalue weighted by Crippen LogP contribution is -2.14. The number of hydrogen-bond donors (Lipinski definition) is 0. The first-order valence-electron chi connectivity index (χ1n) is 19.4. The predicted octanol–water partition coefficient (Wildman–Crippen LogP) is 14.9. The minimum absolute atomic E-state index is 0.0318. The molecule has 5 aromatic rings. The molecule has 0 nitrogen and oxygen atoms in total. The third-order valence-corrected chi connectivity index (χ3v) is 11.2. The van der Waals surface area contributed by atoms with Crippen LogP contribution in [0.1, 0.15) is 143 Å². The van der Waals surface area contributed by atoms with E-state index in [1.807, 2.05) is 0 Å². The zero-order valence-electron chi connectivity index (χ0n) is 32.2. The van der Waals surface area contributed by atoms with Crippen LogP contribution in [0.25, 0.3) is 43.4 Å². The van der Waals surface area contributed by atoms with Gasteiger partial charge in [0.1, 0.15) is 0 Å². The van der Waals surface area contributed by atoms with E-state index in [9.17, 15) is 0 Å². The molecule has 0 aliphatic rings. The maximum absolute atomic E-state index is 2.62. The Morgan fingerprint density at radius 1 is 0.500 bits per heavy atom. The van der Waals surface area contributed by atoms with E-state index in [1.165, 1.54) is 106 Å². The summed E-state index contributed by atoms with van der Waals surface area (Å²) in [5.41, 5.74) is 8.98. The highest BCUT2D eigenvalue weighted by Crippen LogP contribution is 2.45. The van der Waals surface area contributed by atoms with Crippen LogP contribution in [0, 0.1) is 11.8 Å². The van der Waals surface area contributed by atoms with E-state index in [0.717, 1.165) is 18.8 Å². The molecule has 0 heterocycles. The summed E-state index contributed by atoms with van der Waals surface area (Å²) in [7, 11) is 0. The van der Waals surface area contributed by atoms with Crippen LogP contribution < -0.4 is 0 Å². The second-order valence-electron chi connectivity index (χ2n) is 16.9. The SMILES string of the molecule is CCCCC(CC)Cc1cc(C(C)(C)C)cc2c(CC(CC)CCCC)cc(-c3c4ccccc4c(C(C)(C)C)c4ccccc34)cc12. The molecule has 0 radical (unpaired) electrons. The fourth-order valence-corrected chi connectivity index (χ4v) is 8.28. The van der Waals surface area contributed by atoms with Crippen molar-refractivity contribution in [3.05, 3.63) is 95.1 Å². The van der Waals surface area contributed by atoms with Gasteiger partial charge in [0.05, 0.1) is 0 Å². The van der Waals surface area contributed by atoms with E-state index >= 15 is 0 Å². The molecule has 2 atom stereocenters. The Hall–Kier alpha value is -3.12. The van der Waals surface area contributed by atoms with Crippen molar-refractivity contribution >= 4 is 32.3 Å². The van der Waals surface area contributed by atoms with Crippen LogP contribution in [0.15, 0.2) is 72.8 Å². The quantitative estimate of drug-likeness (QED) is 0.112. The summed E-state index contributed by atoms with van der Waals surface area (Å²) in [4.78, 5) is 0. The maximum Gasteiger partial charge on any atom is -0.00263 e. The summed E-state index contributed by atoms with van der Waals surface area (Å²) in [6.45, 7) is 23.8. The molecule has 48 heavy (non-hydrogen) atoms. The highest BCUT2D eigenvalue weighted by Gasteiger charge is 2.25. The van der Waals surface area contributed by atoms with E-state index in [0.29, 0.717) is 5.92 Å². The van der Waals surface area contributed by atoms with Gasteiger partial charge in [0.15, 0.2) is 0 Å². The van der Waals surface area contributed by atoms with Gasteiger partial charge in [-0.05, 0) is 107 Å². The van der Waals surface area contributed by atoms with Crippen molar-refractivity contribution in [2.24, 2.45) is 11.8 Å². The molecular weight excluding hydrogens is 577 g/mol. The normalized spacial score (nSPS) is 13.9. The molecule has 5 rings (SSSR count). The lowest BCUT2D eigenvalue weighted by molar-refractivity contribution is 0.449. The van der Waals surface area contributed by atoms with E-state index in [2.05, 4.69) is 142 Å². The third kappa shape index (κ3) is 7.69. The Balaban J connectivity index is 1.89. The van der Waals surface area contributed by atoms with Crippen LogP contribution in [-0.4, -0.2) is 0 Å². The Morgan fingerprint density at radius 2 is 0.958 bits per heavy atom. The van der Waals surface area contributed by atoms with Crippen molar-refractivity contribution in [1.29, 1.82) is 0 Å². The zero-order valence-corrected chi connectivity index (χ0v) is 32.2. The number of benzene rings is 5. The van der Waals surface area contributed by atoms with Crippen molar-refractivity contribution < 1.29 is 0 Å². The van der Waals surface area contributed by atoms with Crippen LogP contribution in [0.2, 0.25) is 0 Å². The summed E-state index contributed by atoms with van der Waals surface area (Å²) >= 11 is 0. The molecule has 0 saturated heterocycles. The number of rotatable bonds is 13. The molecule has 0 bridgehead atoms. The first-order valence-corrected chi connectivity index (χ1v) is 19.4. The average Bonchev–Trinajstić information content (AvgIpc) is 3.05. The van der Waals surface area contributed by atoms with Gasteiger partial charge in [-0.3, -0.25) is 0 Å². The number of hydrogen-bond acceptors (Lipinski definition) is 0. The van der Waals surface area contributed by atoms with Gasteiger partial charge >= 0.3 is 0 Å². The summed E-state index contributed by atoms with van der Waals surface area (Å²) in [5, 5.41) is 8.54. The first-order chi connectivity index (χ1) is 22.9. The van der Waals surface area contributed by atoms with Crippen molar-refractivity contribution in [2.45, 2.75) is 144 Å². The summed E-state index contributed by atoms with van der Waals surface area (Å²) in [6, 6.07) is 28.8. The summed E-state index contributed by atoms with van der Waals surface area (Å²) < 4.78 is 0. The highest BCUT2D eigenvalue weighted by atomic mass is 14.3. The van der Waals surface area contributed by atoms with Crippen LogP contribution >= 0.6 is 0 Å². The lowest BCUT2D eigenvalue weighted by Gasteiger charge is -2.27. The van der Waals surface area contributed by atoms with E-state index in [4.69, 9.17) is 0 Å². The number of unbranched alkanes of at least 4 members (excludes halogenated alkanes) is 2. The van der Waals surface area contributed by atoms with Crippen LogP contribution in [0.4, 0.5) is 0 Å². The fraction of sp³-hybridized carbons (Fsp3) is 0.500. The Kier molecular flexibility index (Phi) is 11.4. The van der Waals surface area contributed by atoms with Gasteiger partial charge in [-0.2, -0.15) is 0 Å². The van der Waals surface area contributed by atoms with Gasteiger partial charge in [0, 0.05) is 0 Å². The van der Waals surface area contributed by atoms with Crippen LogP contribution in [-0.2, 0) is 23.7 Å². The van der Waals surface area contributed by atoms with Crippen molar-refractivity contribution in [2.75, 3.05) is 0 Å². The van der Waals surface area contributed by atoms with Crippen molar-refractivity contribution in [3.63, 3.8) is 0 Å². The van der Waals surface area contributed by atoms with Gasteiger partial charge in [0.2, 0.25) is 0 Å². The minimum Gasteiger partial charge on any atom is -0.0654 e. The molecule has 5 aromatic carbocycles. The van der Waals surface area contributed by atoms with Crippen LogP contribution in [0.3, 0.4) is 0 Å². The van der Waals surface area contributed by atoms with Gasteiger partial charge in [-0.15, -0.1) is 0 Å². The van der Waals surface area contributed by atoms with Gasteiger partial charge in [-0.25, -0.2) is 0 Å². The molecule has 256 valence electrons. The molecule has 2 unspecified atom stereocenters. The Bertz CT molecular complexity index is 1780.